The van der Waals surface area contributed by atoms with Crippen LogP contribution >= 0.6 is 11.6 Å². The second-order valence-electron chi connectivity index (χ2n) is 5.51. The Balaban J connectivity index is 1.84. The molecular weight excluding hydrogens is 358 g/mol. The van der Waals surface area contributed by atoms with E-state index in [4.69, 9.17) is 25.8 Å². The number of hydrogen-bond donors (Lipinski definition) is 1. The van der Waals surface area contributed by atoms with Gasteiger partial charge in [0.25, 0.3) is 6.29 Å². The van der Waals surface area contributed by atoms with Crippen molar-refractivity contribution in [2.75, 3.05) is 12.4 Å². The number of para-hydroxylation sites is 2. The number of benzene rings is 2. The average molecular weight is 374 g/mol. The molecule has 3 rings (SSSR count). The molecule has 0 bridgehead atoms. The molecule has 0 spiro atoms. The summed E-state index contributed by atoms with van der Waals surface area (Å²) in [6.45, 7) is 1.79. The van der Waals surface area contributed by atoms with Crippen molar-refractivity contribution in [3.8, 4) is 5.75 Å². The summed E-state index contributed by atoms with van der Waals surface area (Å²) in [5, 5.41) is 2.78. The highest BCUT2D eigenvalue weighted by Crippen LogP contribution is 2.32. The Kier molecular flexibility index (Phi) is 5.14. The van der Waals surface area contributed by atoms with Crippen molar-refractivity contribution in [2.45, 2.75) is 13.2 Å². The predicted octanol–water partition coefficient (Wildman–Crippen LogP) is 3.61. The molecule has 0 unspecified atom stereocenters. The highest BCUT2D eigenvalue weighted by molar-refractivity contribution is 6.42. The van der Waals surface area contributed by atoms with Crippen molar-refractivity contribution in [1.82, 2.24) is 0 Å². The summed E-state index contributed by atoms with van der Waals surface area (Å²) < 4.78 is 15.7. The van der Waals surface area contributed by atoms with E-state index in [2.05, 4.69) is 5.32 Å². The fraction of sp³-hybridized carbons (Fsp3) is 0.158. The number of aryl methyl sites for hydroxylation is 1. The van der Waals surface area contributed by atoms with Crippen molar-refractivity contribution < 1.29 is 23.8 Å². The molecule has 1 aliphatic rings. The number of halogens is 1. The van der Waals surface area contributed by atoms with Crippen LogP contribution in [0.15, 0.2) is 59.3 Å². The van der Waals surface area contributed by atoms with Gasteiger partial charge in [0, 0.05) is 0 Å². The van der Waals surface area contributed by atoms with E-state index in [1.165, 1.54) is 7.11 Å². The lowest BCUT2D eigenvalue weighted by Gasteiger charge is -2.18. The molecule has 1 N–H and O–H groups in total. The van der Waals surface area contributed by atoms with Crippen LogP contribution in [-0.4, -0.2) is 25.3 Å². The van der Waals surface area contributed by atoms with Crippen LogP contribution in [0.4, 0.5) is 5.69 Å². The lowest BCUT2D eigenvalue weighted by atomic mass is 10.1. The number of rotatable bonds is 5. The van der Waals surface area contributed by atoms with Crippen molar-refractivity contribution in [1.29, 1.82) is 0 Å². The van der Waals surface area contributed by atoms with Gasteiger partial charge >= 0.3 is 11.9 Å². The topological polar surface area (TPSA) is 73.9 Å². The van der Waals surface area contributed by atoms with Gasteiger partial charge in [0.1, 0.15) is 11.4 Å². The third-order valence-corrected chi connectivity index (χ3v) is 4.18. The Morgan fingerprint density at radius 3 is 2.58 bits per heavy atom. The zero-order valence-corrected chi connectivity index (χ0v) is 14.9. The molecule has 0 fully saturated rings. The summed E-state index contributed by atoms with van der Waals surface area (Å²) >= 11 is 6.04. The lowest BCUT2D eigenvalue weighted by molar-refractivity contribution is -0.152. The summed E-state index contributed by atoms with van der Waals surface area (Å²) in [4.78, 5) is 24.3. The molecule has 1 aliphatic heterocycles. The zero-order valence-electron chi connectivity index (χ0n) is 14.1. The van der Waals surface area contributed by atoms with Gasteiger partial charge in [-0.05, 0) is 30.7 Å². The number of methoxy groups -OCH3 is 1. The summed E-state index contributed by atoms with van der Waals surface area (Å²) in [5.41, 5.74) is 1.82. The van der Waals surface area contributed by atoms with Crippen molar-refractivity contribution in [3.05, 3.63) is 70.4 Å². The van der Waals surface area contributed by atoms with Gasteiger partial charge in [-0.1, -0.05) is 41.9 Å². The maximum absolute atomic E-state index is 12.4. The Labute approximate surface area is 155 Å². The van der Waals surface area contributed by atoms with Crippen LogP contribution in [0.25, 0.3) is 0 Å². The Bertz CT molecular complexity index is 893. The van der Waals surface area contributed by atoms with E-state index < -0.39 is 18.2 Å². The first-order chi connectivity index (χ1) is 12.5. The molecule has 0 aliphatic carbocycles. The molecular formula is C19H16ClNO5. The molecule has 0 saturated heterocycles. The standard InChI is InChI=1S/C19H16ClNO5/c1-11-7-3-4-8-12(11)17(22)25-19-16(15(20)18(23)26-19)21-13-9-5-6-10-14(13)24-2/h3-10,19,21H,1-2H3/t19-/m1/s1. The molecule has 1 heterocycles. The molecule has 2 aromatic carbocycles. The first-order valence-corrected chi connectivity index (χ1v) is 8.16. The first kappa shape index (κ1) is 17.8. The lowest BCUT2D eigenvalue weighted by Crippen LogP contribution is -2.24. The third kappa shape index (κ3) is 3.50. The number of carbonyl (C=O) groups excluding carboxylic acids is 2. The molecule has 7 heteroatoms. The van der Waals surface area contributed by atoms with Gasteiger partial charge in [-0.2, -0.15) is 0 Å². The Hall–Kier alpha value is -2.99. The molecule has 134 valence electrons. The van der Waals surface area contributed by atoms with Crippen LogP contribution in [-0.2, 0) is 14.3 Å². The number of anilines is 1. The van der Waals surface area contributed by atoms with E-state index >= 15 is 0 Å². The number of hydrogen-bond acceptors (Lipinski definition) is 6. The van der Waals surface area contributed by atoms with Gasteiger partial charge in [0.05, 0.1) is 18.4 Å². The van der Waals surface area contributed by atoms with E-state index in [-0.39, 0.29) is 10.7 Å². The molecule has 26 heavy (non-hydrogen) atoms. The number of carbonyl (C=O) groups is 2. The minimum atomic E-state index is -1.27. The second-order valence-corrected chi connectivity index (χ2v) is 5.89. The fourth-order valence-electron chi connectivity index (χ4n) is 2.47. The van der Waals surface area contributed by atoms with E-state index in [1.54, 1.807) is 49.4 Å². The number of nitrogens with one attached hydrogen (secondary N) is 1. The van der Waals surface area contributed by atoms with E-state index in [9.17, 15) is 9.59 Å². The molecule has 0 saturated carbocycles. The largest absolute Gasteiger partial charge is 0.495 e. The monoisotopic (exact) mass is 373 g/mol. The van der Waals surface area contributed by atoms with Crippen molar-refractivity contribution >= 4 is 29.2 Å². The summed E-state index contributed by atoms with van der Waals surface area (Å²) in [6.07, 6.45) is -1.27. The molecule has 2 aromatic rings. The maximum atomic E-state index is 12.4. The fourth-order valence-corrected chi connectivity index (χ4v) is 2.65. The zero-order chi connectivity index (χ0) is 18.7. The predicted molar refractivity (Wildman–Crippen MR) is 96.0 cm³/mol. The van der Waals surface area contributed by atoms with E-state index in [1.807, 2.05) is 6.07 Å². The second kappa shape index (κ2) is 7.49. The number of esters is 2. The van der Waals surface area contributed by atoms with E-state index in [0.717, 1.165) is 5.56 Å². The third-order valence-electron chi connectivity index (χ3n) is 3.82. The van der Waals surface area contributed by atoms with Crippen LogP contribution in [0, 0.1) is 6.92 Å². The van der Waals surface area contributed by atoms with Gasteiger partial charge in [-0.3, -0.25) is 0 Å². The molecule has 0 amide bonds. The van der Waals surface area contributed by atoms with Crippen LogP contribution in [0.3, 0.4) is 0 Å². The highest BCUT2D eigenvalue weighted by Gasteiger charge is 2.37. The molecule has 1 atom stereocenters. The summed E-state index contributed by atoms with van der Waals surface area (Å²) in [7, 11) is 1.52. The van der Waals surface area contributed by atoms with Gasteiger partial charge in [0.2, 0.25) is 0 Å². The van der Waals surface area contributed by atoms with Gasteiger partial charge in [-0.15, -0.1) is 0 Å². The minimum absolute atomic E-state index is 0.142. The molecule has 6 nitrogen and oxygen atoms in total. The quantitative estimate of drug-likeness (QED) is 0.807. The molecule has 0 aromatic heterocycles. The van der Waals surface area contributed by atoms with Crippen molar-refractivity contribution in [2.24, 2.45) is 0 Å². The number of cyclic esters (lactones) is 1. The van der Waals surface area contributed by atoms with Crippen molar-refractivity contribution in [3.63, 3.8) is 0 Å². The average Bonchev–Trinajstić information content (AvgIpc) is 2.90. The minimum Gasteiger partial charge on any atom is -0.495 e. The maximum Gasteiger partial charge on any atom is 0.355 e. The van der Waals surface area contributed by atoms with Crippen LogP contribution in [0.5, 0.6) is 5.75 Å². The van der Waals surface area contributed by atoms with Crippen LogP contribution < -0.4 is 10.1 Å². The van der Waals surface area contributed by atoms with Gasteiger partial charge in [0.15, 0.2) is 5.03 Å². The SMILES string of the molecule is COc1ccccc1NC1=C(Cl)C(=O)O[C@H]1OC(=O)c1ccccc1C. The Morgan fingerprint density at radius 1 is 1.15 bits per heavy atom. The van der Waals surface area contributed by atoms with Gasteiger partial charge < -0.3 is 19.5 Å². The van der Waals surface area contributed by atoms with Crippen LogP contribution in [0.1, 0.15) is 15.9 Å². The van der Waals surface area contributed by atoms with Gasteiger partial charge in [-0.25, -0.2) is 9.59 Å². The first-order valence-electron chi connectivity index (χ1n) is 7.78. The normalized spacial score (nSPS) is 16.3. The summed E-state index contributed by atoms with van der Waals surface area (Å²) in [6, 6.07) is 14.0. The molecule has 0 radical (unpaired) electrons. The van der Waals surface area contributed by atoms with E-state index in [0.29, 0.717) is 17.0 Å². The van der Waals surface area contributed by atoms with Crippen LogP contribution in [0.2, 0.25) is 0 Å². The summed E-state index contributed by atoms with van der Waals surface area (Å²) in [5.74, 6) is -0.856. The smallest absolute Gasteiger partial charge is 0.355 e. The number of ether oxygens (including phenoxy) is 3. The highest BCUT2D eigenvalue weighted by atomic mass is 35.5. The Morgan fingerprint density at radius 2 is 1.85 bits per heavy atom.